The normalized spacial score (nSPS) is 11.8. The molecular formula is C14H23NO. The Morgan fingerprint density at radius 3 is 2.50 bits per heavy atom. The van der Waals surface area contributed by atoms with Gasteiger partial charge in [0.1, 0.15) is 0 Å². The smallest absolute Gasteiger partial charge is 0.0522 e. The second-order valence-corrected chi connectivity index (χ2v) is 4.94. The van der Waals surface area contributed by atoms with Crippen LogP contribution in [0.4, 0.5) is 0 Å². The Labute approximate surface area is 98.5 Å². The highest BCUT2D eigenvalue weighted by molar-refractivity contribution is 5.33. The van der Waals surface area contributed by atoms with Crippen molar-refractivity contribution in [3.63, 3.8) is 0 Å². The number of unbranched alkanes of at least 4 members (excludes halogenated alkanes) is 1. The summed E-state index contributed by atoms with van der Waals surface area (Å²) in [6.45, 7) is 5.09. The highest BCUT2D eigenvalue weighted by Crippen LogP contribution is 2.26. The van der Waals surface area contributed by atoms with E-state index in [2.05, 4.69) is 32.0 Å². The van der Waals surface area contributed by atoms with Gasteiger partial charge in [-0.15, -0.1) is 0 Å². The summed E-state index contributed by atoms with van der Waals surface area (Å²) in [7, 11) is 0. The van der Waals surface area contributed by atoms with Gasteiger partial charge in [0.15, 0.2) is 0 Å². The third-order valence-electron chi connectivity index (χ3n) is 3.04. The van der Waals surface area contributed by atoms with E-state index in [0.717, 1.165) is 25.8 Å². The molecule has 90 valence electrons. The molecule has 0 saturated carbocycles. The van der Waals surface area contributed by atoms with Crippen molar-refractivity contribution in [1.82, 2.24) is 0 Å². The molecule has 0 spiro atoms. The Bertz CT molecular complexity index is 320. The second kappa shape index (κ2) is 6.02. The van der Waals surface area contributed by atoms with E-state index in [-0.39, 0.29) is 12.0 Å². The van der Waals surface area contributed by atoms with Gasteiger partial charge in [0.25, 0.3) is 0 Å². The van der Waals surface area contributed by atoms with Crippen LogP contribution in [-0.2, 0) is 11.8 Å². The van der Waals surface area contributed by atoms with Crippen molar-refractivity contribution in [1.29, 1.82) is 0 Å². The number of nitrogens with two attached hydrogens (primary N) is 1. The predicted molar refractivity (Wildman–Crippen MR) is 68.5 cm³/mol. The zero-order valence-corrected chi connectivity index (χ0v) is 10.4. The van der Waals surface area contributed by atoms with Gasteiger partial charge in [0.2, 0.25) is 0 Å². The van der Waals surface area contributed by atoms with Crippen LogP contribution in [0.2, 0.25) is 0 Å². The lowest BCUT2D eigenvalue weighted by Crippen LogP contribution is -2.23. The maximum Gasteiger partial charge on any atom is 0.0522 e. The maximum absolute atomic E-state index is 9.42. The lowest BCUT2D eigenvalue weighted by Gasteiger charge is -2.25. The topological polar surface area (TPSA) is 46.2 Å². The highest BCUT2D eigenvalue weighted by atomic mass is 16.3. The summed E-state index contributed by atoms with van der Waals surface area (Å²) in [5.41, 5.74) is 7.95. The van der Waals surface area contributed by atoms with Gasteiger partial charge in [0, 0.05) is 5.41 Å². The fraction of sp³-hybridized carbons (Fsp3) is 0.571. The zero-order chi connectivity index (χ0) is 12.0. The number of benzene rings is 1. The summed E-state index contributed by atoms with van der Waals surface area (Å²) in [6, 6.07) is 8.38. The van der Waals surface area contributed by atoms with E-state index in [4.69, 9.17) is 5.73 Å². The quantitative estimate of drug-likeness (QED) is 0.724. The Hall–Kier alpha value is -0.860. The van der Waals surface area contributed by atoms with Crippen molar-refractivity contribution in [3.8, 4) is 0 Å². The van der Waals surface area contributed by atoms with E-state index in [0.29, 0.717) is 0 Å². The first kappa shape index (κ1) is 13.2. The zero-order valence-electron chi connectivity index (χ0n) is 10.4. The summed E-state index contributed by atoms with van der Waals surface area (Å²) >= 11 is 0. The number of hydrogen-bond donors (Lipinski definition) is 2. The van der Waals surface area contributed by atoms with E-state index in [1.165, 1.54) is 11.1 Å². The van der Waals surface area contributed by atoms with Crippen molar-refractivity contribution in [3.05, 3.63) is 35.4 Å². The molecule has 0 aliphatic heterocycles. The fourth-order valence-corrected chi connectivity index (χ4v) is 1.94. The van der Waals surface area contributed by atoms with Gasteiger partial charge in [-0.1, -0.05) is 38.1 Å². The van der Waals surface area contributed by atoms with Crippen molar-refractivity contribution in [2.75, 3.05) is 13.2 Å². The van der Waals surface area contributed by atoms with Crippen LogP contribution in [0.3, 0.4) is 0 Å². The van der Waals surface area contributed by atoms with Gasteiger partial charge < -0.3 is 10.8 Å². The van der Waals surface area contributed by atoms with Gasteiger partial charge in [-0.3, -0.25) is 0 Å². The average molecular weight is 221 g/mol. The summed E-state index contributed by atoms with van der Waals surface area (Å²) in [5, 5.41) is 9.42. The molecule has 0 aromatic heterocycles. The Balaban J connectivity index is 2.83. The molecule has 1 aromatic carbocycles. The molecule has 16 heavy (non-hydrogen) atoms. The van der Waals surface area contributed by atoms with Crippen LogP contribution >= 0.6 is 0 Å². The Morgan fingerprint density at radius 2 is 1.88 bits per heavy atom. The number of hydrogen-bond acceptors (Lipinski definition) is 2. The lowest BCUT2D eigenvalue weighted by molar-refractivity contribution is 0.217. The van der Waals surface area contributed by atoms with Gasteiger partial charge >= 0.3 is 0 Å². The minimum absolute atomic E-state index is 0.153. The largest absolute Gasteiger partial charge is 0.395 e. The second-order valence-electron chi connectivity index (χ2n) is 4.94. The average Bonchev–Trinajstić information content (AvgIpc) is 2.30. The van der Waals surface area contributed by atoms with E-state index in [9.17, 15) is 5.11 Å². The summed E-state index contributed by atoms with van der Waals surface area (Å²) in [6.07, 6.45) is 3.24. The number of aryl methyl sites for hydroxylation is 1. The standard InChI is InChI=1S/C14H23NO/c1-14(2,11-16)13-9-4-3-7-12(13)8-5-6-10-15/h3-4,7,9,16H,5-6,8,10-11,15H2,1-2H3. The van der Waals surface area contributed by atoms with Crippen molar-refractivity contribution >= 4 is 0 Å². The van der Waals surface area contributed by atoms with Crippen LogP contribution < -0.4 is 5.73 Å². The molecule has 0 radical (unpaired) electrons. The number of aliphatic hydroxyl groups excluding tert-OH is 1. The summed E-state index contributed by atoms with van der Waals surface area (Å²) in [5.74, 6) is 0. The van der Waals surface area contributed by atoms with E-state index >= 15 is 0 Å². The first-order chi connectivity index (χ1) is 7.61. The molecule has 2 heteroatoms. The summed E-state index contributed by atoms with van der Waals surface area (Å²) < 4.78 is 0. The lowest BCUT2D eigenvalue weighted by atomic mass is 9.81. The van der Waals surface area contributed by atoms with Crippen LogP contribution in [0, 0.1) is 0 Å². The molecule has 0 saturated heterocycles. The van der Waals surface area contributed by atoms with Crippen LogP contribution in [0.1, 0.15) is 37.8 Å². The van der Waals surface area contributed by atoms with Gasteiger partial charge in [0.05, 0.1) is 6.61 Å². The number of rotatable bonds is 6. The van der Waals surface area contributed by atoms with Gasteiger partial charge in [-0.25, -0.2) is 0 Å². The molecule has 0 bridgehead atoms. The summed E-state index contributed by atoms with van der Waals surface area (Å²) in [4.78, 5) is 0. The molecular weight excluding hydrogens is 198 g/mol. The minimum atomic E-state index is -0.153. The third kappa shape index (κ3) is 3.32. The molecule has 2 nitrogen and oxygen atoms in total. The molecule has 0 unspecified atom stereocenters. The van der Waals surface area contributed by atoms with E-state index in [1.807, 2.05) is 6.07 Å². The monoisotopic (exact) mass is 221 g/mol. The van der Waals surface area contributed by atoms with E-state index < -0.39 is 0 Å². The van der Waals surface area contributed by atoms with Crippen LogP contribution in [0.15, 0.2) is 24.3 Å². The maximum atomic E-state index is 9.42. The SMILES string of the molecule is CC(C)(CO)c1ccccc1CCCCN. The molecule has 1 rings (SSSR count). The Kier molecular flexibility index (Phi) is 4.97. The molecule has 0 aliphatic rings. The van der Waals surface area contributed by atoms with E-state index in [1.54, 1.807) is 0 Å². The first-order valence-electron chi connectivity index (χ1n) is 6.01. The van der Waals surface area contributed by atoms with Crippen LogP contribution in [0.25, 0.3) is 0 Å². The molecule has 3 N–H and O–H groups in total. The van der Waals surface area contributed by atoms with Crippen molar-refractivity contribution in [2.45, 2.75) is 38.5 Å². The predicted octanol–water partition coefficient (Wildman–Crippen LogP) is 2.24. The van der Waals surface area contributed by atoms with Crippen molar-refractivity contribution < 1.29 is 5.11 Å². The molecule has 0 aliphatic carbocycles. The molecule has 0 atom stereocenters. The highest BCUT2D eigenvalue weighted by Gasteiger charge is 2.21. The molecule has 0 fully saturated rings. The third-order valence-corrected chi connectivity index (χ3v) is 3.04. The first-order valence-corrected chi connectivity index (χ1v) is 6.01. The van der Waals surface area contributed by atoms with Gasteiger partial charge in [-0.05, 0) is 36.9 Å². The van der Waals surface area contributed by atoms with Crippen molar-refractivity contribution in [2.24, 2.45) is 5.73 Å². The Morgan fingerprint density at radius 1 is 1.19 bits per heavy atom. The fourth-order valence-electron chi connectivity index (χ4n) is 1.94. The van der Waals surface area contributed by atoms with Crippen LogP contribution in [0.5, 0.6) is 0 Å². The molecule has 1 aromatic rings. The minimum Gasteiger partial charge on any atom is -0.395 e. The van der Waals surface area contributed by atoms with Crippen LogP contribution in [-0.4, -0.2) is 18.3 Å². The molecule has 0 heterocycles. The van der Waals surface area contributed by atoms with Gasteiger partial charge in [-0.2, -0.15) is 0 Å². The molecule has 0 amide bonds. The number of aliphatic hydroxyl groups is 1.